The van der Waals surface area contributed by atoms with Crippen molar-refractivity contribution in [3.63, 3.8) is 0 Å². The molecule has 0 atom stereocenters. The van der Waals surface area contributed by atoms with E-state index in [2.05, 4.69) is 67.2 Å². The van der Waals surface area contributed by atoms with Crippen LogP contribution in [0.4, 0.5) is 0 Å². The maximum atomic E-state index is 2.61. The molecule has 1 nitrogen and oxygen atoms in total. The third-order valence-corrected chi connectivity index (χ3v) is 7.28. The fourth-order valence-electron chi connectivity index (χ4n) is 4.35. The Hall–Kier alpha value is -0.821. The Labute approximate surface area is 178 Å². The van der Waals surface area contributed by atoms with Crippen LogP contribution in [0.5, 0.6) is 0 Å². The molecule has 1 aliphatic rings. The first-order valence-electron chi connectivity index (χ1n) is 10.3. The van der Waals surface area contributed by atoms with E-state index in [1.54, 1.807) is 5.56 Å². The number of likely N-dealkylation sites (tertiary alicyclic amines) is 1. The van der Waals surface area contributed by atoms with Crippen LogP contribution in [0.1, 0.15) is 68.5 Å². The van der Waals surface area contributed by atoms with Crippen molar-refractivity contribution in [1.82, 2.24) is 4.90 Å². The van der Waals surface area contributed by atoms with E-state index < -0.39 is 0 Å². The Morgan fingerprint density at radius 2 is 1.04 bits per heavy atom. The normalized spacial score (nSPS) is 14.1. The number of hydrogen-bond donors (Lipinski definition) is 0. The van der Waals surface area contributed by atoms with Crippen molar-refractivity contribution in [3.05, 3.63) is 55.6 Å². The molecule has 0 saturated carbocycles. The Morgan fingerprint density at radius 1 is 0.667 bits per heavy atom. The van der Waals surface area contributed by atoms with Crippen molar-refractivity contribution in [2.24, 2.45) is 0 Å². The van der Waals surface area contributed by atoms with E-state index in [0.29, 0.717) is 0 Å². The van der Waals surface area contributed by atoms with Crippen LogP contribution in [-0.4, -0.2) is 24.5 Å². The summed E-state index contributed by atoms with van der Waals surface area (Å²) in [5.41, 5.74) is 15.0. The summed E-state index contributed by atoms with van der Waals surface area (Å²) in [4.78, 5) is 2.61. The minimum atomic E-state index is 0. The monoisotopic (exact) mass is 409 g/mol. The Balaban J connectivity index is 0.000000288. The van der Waals surface area contributed by atoms with Gasteiger partial charge in [0.25, 0.3) is 0 Å². The van der Waals surface area contributed by atoms with Crippen LogP contribution < -0.4 is 0 Å². The summed E-state index contributed by atoms with van der Waals surface area (Å²) in [5.74, 6) is 0. The molecule has 0 radical (unpaired) electrons. The van der Waals surface area contributed by atoms with Crippen molar-refractivity contribution in [1.29, 1.82) is 0 Å². The minimum Gasteiger partial charge on any atom is -0.304 e. The van der Waals surface area contributed by atoms with E-state index in [1.807, 2.05) is 0 Å². The SMILES string of the molecule is Cc1c(C)c(C)[c-](C)c1C.Cc1c(C)c(C)[c-](CCN2CCCC2)c1C.[Fe]. The topological polar surface area (TPSA) is 3.24 Å². The molecular formula is C25H39FeN-2. The molecule has 0 amide bonds. The first-order valence-corrected chi connectivity index (χ1v) is 10.3. The second kappa shape index (κ2) is 10.1. The van der Waals surface area contributed by atoms with E-state index in [1.165, 1.54) is 89.0 Å². The zero-order valence-electron chi connectivity index (χ0n) is 19.0. The molecule has 0 aliphatic carbocycles. The number of hydrogen-bond acceptors (Lipinski definition) is 1. The Morgan fingerprint density at radius 3 is 1.37 bits per heavy atom. The van der Waals surface area contributed by atoms with E-state index in [4.69, 9.17) is 0 Å². The summed E-state index contributed by atoms with van der Waals surface area (Å²) in [7, 11) is 0. The molecular weight excluding hydrogens is 370 g/mol. The van der Waals surface area contributed by atoms with Crippen molar-refractivity contribution < 1.29 is 17.1 Å². The summed E-state index contributed by atoms with van der Waals surface area (Å²) < 4.78 is 0. The van der Waals surface area contributed by atoms with Gasteiger partial charge in [-0.3, -0.25) is 0 Å². The predicted octanol–water partition coefficient (Wildman–Crippen LogP) is 6.22. The second-order valence-electron chi connectivity index (χ2n) is 8.40. The van der Waals surface area contributed by atoms with Crippen molar-refractivity contribution in [3.8, 4) is 0 Å². The Bertz CT molecular complexity index is 649. The first kappa shape index (κ1) is 24.2. The molecule has 1 aliphatic heterocycles. The summed E-state index contributed by atoms with van der Waals surface area (Å²) in [6, 6.07) is 0. The van der Waals surface area contributed by atoms with Crippen LogP contribution in [-0.2, 0) is 23.5 Å². The molecule has 0 aromatic heterocycles. The van der Waals surface area contributed by atoms with Gasteiger partial charge in [-0.1, -0.05) is 68.7 Å². The molecule has 1 saturated heterocycles. The summed E-state index contributed by atoms with van der Waals surface area (Å²) in [6.07, 6.45) is 4.04. The smallest absolute Gasteiger partial charge is 0 e. The third kappa shape index (κ3) is 5.16. The molecule has 27 heavy (non-hydrogen) atoms. The van der Waals surface area contributed by atoms with Gasteiger partial charge in [0.15, 0.2) is 0 Å². The molecule has 1 fully saturated rings. The standard InChI is InChI=1S/C15H24N.C10H15.Fe/c1-11-12(2)14(4)15(13(11)3)7-10-16-8-5-6-9-16;1-6-7(2)9(4)10(5)8(6)3;/h5-10H2,1-4H3;1-5H3;/q2*-1;. The summed E-state index contributed by atoms with van der Waals surface area (Å²) >= 11 is 0. The van der Waals surface area contributed by atoms with Gasteiger partial charge in [0.1, 0.15) is 0 Å². The fourth-order valence-corrected chi connectivity index (χ4v) is 4.35. The van der Waals surface area contributed by atoms with Crippen LogP contribution in [0.15, 0.2) is 0 Å². The van der Waals surface area contributed by atoms with E-state index in [9.17, 15) is 0 Å². The molecule has 0 bridgehead atoms. The molecule has 2 aromatic rings. The zero-order chi connectivity index (χ0) is 19.6. The van der Waals surface area contributed by atoms with Gasteiger partial charge in [0.2, 0.25) is 0 Å². The molecule has 0 N–H and O–H groups in total. The van der Waals surface area contributed by atoms with Gasteiger partial charge < -0.3 is 4.90 Å². The van der Waals surface area contributed by atoms with Gasteiger partial charge in [-0.15, -0.1) is 5.56 Å². The first-order chi connectivity index (χ1) is 12.2. The van der Waals surface area contributed by atoms with E-state index >= 15 is 0 Å². The summed E-state index contributed by atoms with van der Waals surface area (Å²) in [5, 5.41) is 0. The van der Waals surface area contributed by atoms with E-state index in [0.717, 1.165) is 0 Å². The quantitative estimate of drug-likeness (QED) is 0.430. The molecule has 154 valence electrons. The molecule has 1 heterocycles. The van der Waals surface area contributed by atoms with Crippen molar-refractivity contribution in [2.75, 3.05) is 19.6 Å². The van der Waals surface area contributed by atoms with Gasteiger partial charge in [-0.25, -0.2) is 0 Å². The fraction of sp³-hybridized carbons (Fsp3) is 0.600. The van der Waals surface area contributed by atoms with E-state index in [-0.39, 0.29) is 17.1 Å². The van der Waals surface area contributed by atoms with Gasteiger partial charge >= 0.3 is 0 Å². The largest absolute Gasteiger partial charge is 0.304 e. The molecule has 0 unspecified atom stereocenters. The van der Waals surface area contributed by atoms with Gasteiger partial charge in [-0.2, -0.15) is 50.1 Å². The van der Waals surface area contributed by atoms with Gasteiger partial charge in [0.05, 0.1) is 0 Å². The van der Waals surface area contributed by atoms with Crippen LogP contribution in [0.3, 0.4) is 0 Å². The van der Waals surface area contributed by atoms with Crippen molar-refractivity contribution in [2.45, 2.75) is 81.6 Å². The van der Waals surface area contributed by atoms with Gasteiger partial charge in [0, 0.05) is 17.1 Å². The second-order valence-corrected chi connectivity index (χ2v) is 8.40. The third-order valence-electron chi connectivity index (χ3n) is 7.28. The zero-order valence-corrected chi connectivity index (χ0v) is 20.1. The average Bonchev–Trinajstić information content (AvgIpc) is 3.26. The van der Waals surface area contributed by atoms with Crippen molar-refractivity contribution >= 4 is 0 Å². The molecule has 2 aromatic carbocycles. The molecule has 3 rings (SSSR count). The number of nitrogens with zero attached hydrogens (tertiary/aromatic N) is 1. The van der Waals surface area contributed by atoms with Crippen LogP contribution in [0.25, 0.3) is 0 Å². The van der Waals surface area contributed by atoms with Crippen LogP contribution >= 0.6 is 0 Å². The predicted molar refractivity (Wildman–Crippen MR) is 116 cm³/mol. The van der Waals surface area contributed by atoms with Crippen LogP contribution in [0.2, 0.25) is 0 Å². The Kier molecular flexibility index (Phi) is 9.06. The van der Waals surface area contributed by atoms with Crippen LogP contribution in [0, 0.1) is 62.3 Å². The van der Waals surface area contributed by atoms with Gasteiger partial charge in [-0.05, 0) is 32.5 Å². The average molecular weight is 409 g/mol. The minimum absolute atomic E-state index is 0. The molecule has 2 heteroatoms. The maximum Gasteiger partial charge on any atom is 0 e. The molecule has 0 spiro atoms. The maximum absolute atomic E-state index is 2.61. The number of rotatable bonds is 3. The summed E-state index contributed by atoms with van der Waals surface area (Å²) in [6.45, 7) is 24.0.